The van der Waals surface area contributed by atoms with Crippen LogP contribution in [0.1, 0.15) is 17.2 Å². The minimum atomic E-state index is -0.0310. The van der Waals surface area contributed by atoms with Crippen molar-refractivity contribution in [3.05, 3.63) is 53.9 Å². The fourth-order valence-electron chi connectivity index (χ4n) is 3.66. The van der Waals surface area contributed by atoms with Crippen molar-refractivity contribution in [2.24, 2.45) is 0 Å². The Kier molecular flexibility index (Phi) is 6.25. The second-order valence-corrected chi connectivity index (χ2v) is 7.75. The van der Waals surface area contributed by atoms with E-state index >= 15 is 0 Å². The maximum Gasteiger partial charge on any atom is 0.260 e. The van der Waals surface area contributed by atoms with E-state index in [9.17, 15) is 4.79 Å². The van der Waals surface area contributed by atoms with E-state index in [-0.39, 0.29) is 12.5 Å². The van der Waals surface area contributed by atoms with Gasteiger partial charge in [-0.3, -0.25) is 9.36 Å². The molecule has 1 fully saturated rings. The third-order valence-electron chi connectivity index (χ3n) is 5.67. The number of aryl methyl sites for hydroxylation is 2. The number of benzene rings is 1. The first kappa shape index (κ1) is 21.6. The summed E-state index contributed by atoms with van der Waals surface area (Å²) < 4.78 is 12.8. The molecule has 0 bridgehead atoms. The van der Waals surface area contributed by atoms with Crippen LogP contribution >= 0.6 is 0 Å². The molecule has 32 heavy (non-hydrogen) atoms. The molecule has 9 nitrogen and oxygen atoms in total. The zero-order chi connectivity index (χ0) is 22.7. The Hall–Kier alpha value is -3.62. The van der Waals surface area contributed by atoms with Gasteiger partial charge >= 0.3 is 0 Å². The Balaban J connectivity index is 1.37. The first-order chi connectivity index (χ1) is 15.4. The maximum atomic E-state index is 12.6. The van der Waals surface area contributed by atoms with Crippen LogP contribution in [0.3, 0.4) is 0 Å². The number of hydrogen-bond acceptors (Lipinski definition) is 7. The third-order valence-corrected chi connectivity index (χ3v) is 5.67. The monoisotopic (exact) mass is 436 g/mol. The van der Waals surface area contributed by atoms with Crippen molar-refractivity contribution < 1.29 is 14.3 Å². The highest BCUT2D eigenvalue weighted by Gasteiger charge is 2.23. The van der Waals surface area contributed by atoms with Crippen molar-refractivity contribution in [3.63, 3.8) is 0 Å². The fraction of sp³-hybridized carbons (Fsp3) is 0.391. The minimum Gasteiger partial charge on any atom is -0.497 e. The summed E-state index contributed by atoms with van der Waals surface area (Å²) >= 11 is 0. The van der Waals surface area contributed by atoms with Gasteiger partial charge in [-0.15, -0.1) is 0 Å². The van der Waals surface area contributed by atoms with Gasteiger partial charge in [0.25, 0.3) is 5.91 Å². The lowest BCUT2D eigenvalue weighted by molar-refractivity contribution is -0.133. The number of nitrogens with zero attached hydrogens (tertiary/aromatic N) is 6. The zero-order valence-corrected chi connectivity index (χ0v) is 18.9. The number of carbonyl (C=O) groups excluding carboxylic acids is 1. The fourth-order valence-corrected chi connectivity index (χ4v) is 3.66. The smallest absolute Gasteiger partial charge is 0.260 e. The van der Waals surface area contributed by atoms with Crippen LogP contribution in [0.25, 0.3) is 5.82 Å². The molecular weight excluding hydrogens is 408 g/mol. The number of methoxy groups -OCH3 is 1. The van der Waals surface area contributed by atoms with Gasteiger partial charge in [0.1, 0.15) is 35.3 Å². The van der Waals surface area contributed by atoms with Gasteiger partial charge in [0.15, 0.2) is 6.61 Å². The molecule has 1 aliphatic rings. The van der Waals surface area contributed by atoms with Crippen LogP contribution in [-0.4, -0.2) is 70.2 Å². The molecular formula is C23H28N6O3. The highest BCUT2D eigenvalue weighted by molar-refractivity contribution is 5.78. The summed E-state index contributed by atoms with van der Waals surface area (Å²) in [6.45, 7) is 8.52. The van der Waals surface area contributed by atoms with E-state index in [1.807, 2.05) is 54.5 Å². The molecule has 0 saturated carbocycles. The van der Waals surface area contributed by atoms with E-state index in [1.165, 1.54) is 0 Å². The van der Waals surface area contributed by atoms with Crippen LogP contribution in [-0.2, 0) is 4.79 Å². The summed E-state index contributed by atoms with van der Waals surface area (Å²) in [5, 5.41) is 0. The third kappa shape index (κ3) is 4.66. The average Bonchev–Trinajstić information content (AvgIpc) is 3.15. The molecule has 1 saturated heterocycles. The molecule has 0 aliphatic carbocycles. The van der Waals surface area contributed by atoms with Crippen LogP contribution in [0.5, 0.6) is 11.5 Å². The van der Waals surface area contributed by atoms with E-state index in [2.05, 4.69) is 19.9 Å². The molecule has 0 unspecified atom stereocenters. The van der Waals surface area contributed by atoms with Crippen LogP contribution in [0.4, 0.5) is 5.82 Å². The van der Waals surface area contributed by atoms with Crippen molar-refractivity contribution in [2.45, 2.75) is 20.8 Å². The quantitative estimate of drug-likeness (QED) is 0.586. The van der Waals surface area contributed by atoms with Crippen molar-refractivity contribution in [1.29, 1.82) is 0 Å². The lowest BCUT2D eigenvalue weighted by atomic mass is 10.3. The van der Waals surface area contributed by atoms with Gasteiger partial charge < -0.3 is 19.3 Å². The number of amides is 1. The summed E-state index contributed by atoms with van der Waals surface area (Å²) in [5.74, 6) is 3.65. The predicted molar refractivity (Wildman–Crippen MR) is 121 cm³/mol. The maximum absolute atomic E-state index is 12.6. The lowest BCUT2D eigenvalue weighted by Gasteiger charge is -2.35. The van der Waals surface area contributed by atoms with E-state index in [4.69, 9.17) is 9.47 Å². The summed E-state index contributed by atoms with van der Waals surface area (Å²) in [5.41, 5.74) is 2.03. The number of piperazine rings is 1. The molecule has 0 spiro atoms. The van der Waals surface area contributed by atoms with Crippen LogP contribution in [0, 0.1) is 20.8 Å². The van der Waals surface area contributed by atoms with Gasteiger partial charge in [0.05, 0.1) is 12.8 Å². The highest BCUT2D eigenvalue weighted by Crippen LogP contribution is 2.21. The number of carbonyl (C=O) groups is 1. The van der Waals surface area contributed by atoms with Gasteiger partial charge in [-0.1, -0.05) is 6.07 Å². The normalized spacial score (nSPS) is 13.9. The Bertz CT molecular complexity index is 1100. The lowest BCUT2D eigenvalue weighted by Crippen LogP contribution is -2.50. The van der Waals surface area contributed by atoms with Crippen LogP contribution < -0.4 is 14.4 Å². The molecule has 9 heteroatoms. The van der Waals surface area contributed by atoms with Gasteiger partial charge in [-0.05, 0) is 32.9 Å². The molecule has 4 rings (SSSR count). The number of hydrogen-bond donors (Lipinski definition) is 0. The summed E-state index contributed by atoms with van der Waals surface area (Å²) in [7, 11) is 1.60. The minimum absolute atomic E-state index is 0.00316. The largest absolute Gasteiger partial charge is 0.497 e. The highest BCUT2D eigenvalue weighted by atomic mass is 16.5. The molecule has 0 atom stereocenters. The molecule has 0 N–H and O–H groups in total. The van der Waals surface area contributed by atoms with Gasteiger partial charge in [0, 0.05) is 44.0 Å². The summed E-state index contributed by atoms with van der Waals surface area (Å²) in [4.78, 5) is 30.2. The SMILES string of the molecule is COc1cccc(OCC(=O)N2CCN(c3cc(-n4cnc(C)c4C)nc(C)n3)CC2)c1. The van der Waals surface area contributed by atoms with Crippen molar-refractivity contribution in [1.82, 2.24) is 24.4 Å². The van der Waals surface area contributed by atoms with Gasteiger partial charge in [-0.2, -0.15) is 0 Å². The number of ether oxygens (including phenoxy) is 2. The zero-order valence-electron chi connectivity index (χ0n) is 18.9. The Morgan fingerprint density at radius 2 is 1.72 bits per heavy atom. The second-order valence-electron chi connectivity index (χ2n) is 7.75. The van der Waals surface area contributed by atoms with E-state index in [0.29, 0.717) is 43.5 Å². The van der Waals surface area contributed by atoms with Gasteiger partial charge in [-0.25, -0.2) is 15.0 Å². The predicted octanol–water partition coefficient (Wildman–Crippen LogP) is 2.32. The number of rotatable bonds is 6. The molecule has 1 aromatic carbocycles. The first-order valence-corrected chi connectivity index (χ1v) is 10.6. The molecule has 168 valence electrons. The molecule has 3 heterocycles. The van der Waals surface area contributed by atoms with E-state index < -0.39 is 0 Å². The molecule has 1 aliphatic heterocycles. The summed E-state index contributed by atoms with van der Waals surface area (Å²) in [6.07, 6.45) is 1.79. The number of anilines is 1. The number of aromatic nitrogens is 4. The molecule has 1 amide bonds. The Morgan fingerprint density at radius 1 is 1.00 bits per heavy atom. The number of imidazole rings is 1. The first-order valence-electron chi connectivity index (χ1n) is 10.6. The van der Waals surface area contributed by atoms with Crippen LogP contribution in [0.2, 0.25) is 0 Å². The summed E-state index contributed by atoms with van der Waals surface area (Å²) in [6, 6.07) is 9.23. The Morgan fingerprint density at radius 3 is 2.41 bits per heavy atom. The van der Waals surface area contributed by atoms with Crippen molar-refractivity contribution in [3.8, 4) is 17.3 Å². The van der Waals surface area contributed by atoms with Crippen LogP contribution in [0.15, 0.2) is 36.7 Å². The molecule has 3 aromatic rings. The van der Waals surface area contributed by atoms with E-state index in [1.54, 1.807) is 19.5 Å². The molecule has 2 aromatic heterocycles. The Labute approximate surface area is 187 Å². The standard InChI is InChI=1S/C23H28N6O3/c1-16-17(2)29(15-24-16)22-13-21(25-18(3)26-22)27-8-10-28(11-9-27)23(30)14-32-20-7-5-6-19(12-20)31-4/h5-7,12-13,15H,8-11,14H2,1-4H3. The van der Waals surface area contributed by atoms with Gasteiger partial charge in [0.2, 0.25) is 0 Å². The van der Waals surface area contributed by atoms with E-state index in [0.717, 1.165) is 23.0 Å². The topological polar surface area (TPSA) is 85.6 Å². The average molecular weight is 437 g/mol. The second kappa shape index (κ2) is 9.25. The van der Waals surface area contributed by atoms with Crippen molar-refractivity contribution >= 4 is 11.7 Å². The van der Waals surface area contributed by atoms with Crippen molar-refractivity contribution in [2.75, 3.05) is 44.8 Å². The molecule has 0 radical (unpaired) electrons.